The molecule has 1 rings (SSSR count). The molecule has 0 aliphatic carbocycles. The van der Waals surface area contributed by atoms with Crippen LogP contribution in [0, 0.1) is 0 Å². The molecule has 2 atom stereocenters. The van der Waals surface area contributed by atoms with Crippen molar-refractivity contribution in [1.82, 2.24) is 9.80 Å². The number of halogens is 1. The third kappa shape index (κ3) is 4.27. The molecule has 0 radical (unpaired) electrons. The van der Waals surface area contributed by atoms with Crippen molar-refractivity contribution in [1.29, 1.82) is 0 Å². The molecule has 1 N–H and O–H groups in total. The van der Waals surface area contributed by atoms with Gasteiger partial charge in [-0.05, 0) is 13.3 Å². The van der Waals surface area contributed by atoms with Crippen LogP contribution in [-0.4, -0.2) is 65.7 Å². The van der Waals surface area contributed by atoms with Gasteiger partial charge in [0.1, 0.15) is 0 Å². The molecule has 0 spiro atoms. The molecule has 0 saturated carbocycles. The zero-order chi connectivity index (χ0) is 11.3. The lowest BCUT2D eigenvalue weighted by molar-refractivity contribution is 0.0659. The first-order valence-corrected chi connectivity index (χ1v) is 6.41. The number of piperazine rings is 1. The number of nitrogens with zero attached hydrogens (tertiary/aromatic N) is 2. The summed E-state index contributed by atoms with van der Waals surface area (Å²) in [6.45, 7) is 9.57. The Bertz CT molecular complexity index is 172. The summed E-state index contributed by atoms with van der Waals surface area (Å²) >= 11 is 5.59. The Kier molecular flexibility index (Phi) is 5.90. The zero-order valence-corrected chi connectivity index (χ0v) is 10.6. The molecule has 0 aromatic rings. The van der Waals surface area contributed by atoms with Crippen molar-refractivity contribution in [3.05, 3.63) is 0 Å². The second-order valence-corrected chi connectivity index (χ2v) is 4.71. The Labute approximate surface area is 98.0 Å². The number of hydrogen-bond acceptors (Lipinski definition) is 3. The van der Waals surface area contributed by atoms with Crippen molar-refractivity contribution in [2.75, 3.05) is 38.6 Å². The molecular formula is C11H23ClN2O. The predicted molar refractivity (Wildman–Crippen MR) is 64.5 cm³/mol. The van der Waals surface area contributed by atoms with E-state index in [1.807, 2.05) is 0 Å². The summed E-state index contributed by atoms with van der Waals surface area (Å²) in [4.78, 5) is 4.81. The Hall–Kier alpha value is 0.170. The molecule has 4 heteroatoms. The lowest BCUT2D eigenvalue weighted by Crippen LogP contribution is -2.51. The van der Waals surface area contributed by atoms with Gasteiger partial charge < -0.3 is 5.11 Å². The van der Waals surface area contributed by atoms with Gasteiger partial charge >= 0.3 is 0 Å². The summed E-state index contributed by atoms with van der Waals surface area (Å²) in [5.41, 5.74) is 0. The van der Waals surface area contributed by atoms with Crippen LogP contribution < -0.4 is 0 Å². The van der Waals surface area contributed by atoms with E-state index in [4.69, 9.17) is 11.6 Å². The van der Waals surface area contributed by atoms with Crippen molar-refractivity contribution < 1.29 is 5.11 Å². The van der Waals surface area contributed by atoms with Gasteiger partial charge in [-0.3, -0.25) is 9.80 Å². The lowest BCUT2D eigenvalue weighted by atomic mass is 10.2. The summed E-state index contributed by atoms with van der Waals surface area (Å²) in [5.74, 6) is 0.339. The minimum Gasteiger partial charge on any atom is -0.391 e. The fraction of sp³-hybridized carbons (Fsp3) is 1.00. The second kappa shape index (κ2) is 6.69. The topological polar surface area (TPSA) is 26.7 Å². The Morgan fingerprint density at radius 1 is 1.27 bits per heavy atom. The number of aliphatic hydroxyl groups is 1. The monoisotopic (exact) mass is 234 g/mol. The maximum Gasteiger partial charge on any atom is 0.0802 e. The van der Waals surface area contributed by atoms with Crippen molar-refractivity contribution >= 4 is 11.6 Å². The van der Waals surface area contributed by atoms with Crippen LogP contribution in [0.2, 0.25) is 0 Å². The minimum atomic E-state index is -0.373. The van der Waals surface area contributed by atoms with Crippen LogP contribution in [0.25, 0.3) is 0 Å². The Morgan fingerprint density at radius 3 is 2.33 bits per heavy atom. The van der Waals surface area contributed by atoms with Gasteiger partial charge in [0.15, 0.2) is 0 Å². The summed E-state index contributed by atoms with van der Waals surface area (Å²) < 4.78 is 0. The molecule has 0 aromatic heterocycles. The standard InChI is InChI=1S/C11H23ClN2O/c1-3-10(2)14-6-4-13(5-7-14)9-11(15)8-12/h10-11,15H,3-9H2,1-2H3. The zero-order valence-electron chi connectivity index (χ0n) is 9.82. The highest BCUT2D eigenvalue weighted by Gasteiger charge is 2.21. The molecule has 1 aliphatic rings. The number of rotatable bonds is 5. The fourth-order valence-electron chi connectivity index (χ4n) is 1.99. The first-order chi connectivity index (χ1) is 7.17. The molecule has 1 heterocycles. The molecule has 0 aromatic carbocycles. The van der Waals surface area contributed by atoms with E-state index in [2.05, 4.69) is 23.6 Å². The molecule has 2 unspecified atom stereocenters. The molecule has 15 heavy (non-hydrogen) atoms. The van der Waals surface area contributed by atoms with Gasteiger partial charge in [-0.25, -0.2) is 0 Å². The average Bonchev–Trinajstić information content (AvgIpc) is 2.29. The lowest BCUT2D eigenvalue weighted by Gasteiger charge is -2.38. The quantitative estimate of drug-likeness (QED) is 0.720. The second-order valence-electron chi connectivity index (χ2n) is 4.40. The number of β-amino-alcohol motifs (C(OH)–C–C–N with tert-alkyl or cyclic N) is 1. The fourth-order valence-corrected chi connectivity index (χ4v) is 2.09. The predicted octanol–water partition coefficient (Wildman–Crippen LogP) is 1.00. The first-order valence-electron chi connectivity index (χ1n) is 5.87. The van der Waals surface area contributed by atoms with E-state index in [0.717, 1.165) is 32.7 Å². The van der Waals surface area contributed by atoms with Crippen LogP contribution >= 0.6 is 11.6 Å². The van der Waals surface area contributed by atoms with E-state index in [1.165, 1.54) is 6.42 Å². The normalized spacial score (nSPS) is 24.0. The van der Waals surface area contributed by atoms with Crippen LogP contribution in [0.1, 0.15) is 20.3 Å². The van der Waals surface area contributed by atoms with Gasteiger partial charge in [0.2, 0.25) is 0 Å². The third-order valence-corrected chi connectivity index (χ3v) is 3.62. The summed E-state index contributed by atoms with van der Waals surface area (Å²) in [7, 11) is 0. The summed E-state index contributed by atoms with van der Waals surface area (Å²) in [6, 6.07) is 0.685. The molecular weight excluding hydrogens is 212 g/mol. The van der Waals surface area contributed by atoms with E-state index in [0.29, 0.717) is 11.9 Å². The Balaban J connectivity index is 2.23. The molecule has 1 fully saturated rings. The van der Waals surface area contributed by atoms with Crippen molar-refractivity contribution in [2.45, 2.75) is 32.4 Å². The van der Waals surface area contributed by atoms with Gasteiger partial charge in [-0.15, -0.1) is 11.6 Å². The summed E-state index contributed by atoms with van der Waals surface area (Å²) in [6.07, 6.45) is 0.839. The Morgan fingerprint density at radius 2 is 1.87 bits per heavy atom. The largest absolute Gasteiger partial charge is 0.391 e. The molecule has 90 valence electrons. The third-order valence-electron chi connectivity index (χ3n) is 3.27. The van der Waals surface area contributed by atoms with Gasteiger partial charge in [-0.2, -0.15) is 0 Å². The van der Waals surface area contributed by atoms with E-state index in [-0.39, 0.29) is 6.10 Å². The molecule has 1 aliphatic heterocycles. The summed E-state index contributed by atoms with van der Waals surface area (Å²) in [5, 5.41) is 9.44. The highest BCUT2D eigenvalue weighted by molar-refractivity contribution is 6.18. The minimum absolute atomic E-state index is 0.339. The maximum atomic E-state index is 9.44. The molecule has 0 bridgehead atoms. The number of hydrogen-bond donors (Lipinski definition) is 1. The molecule has 1 saturated heterocycles. The van der Waals surface area contributed by atoms with Crippen LogP contribution in [0.4, 0.5) is 0 Å². The number of alkyl halides is 1. The highest BCUT2D eigenvalue weighted by atomic mass is 35.5. The van der Waals surface area contributed by atoms with E-state index in [1.54, 1.807) is 0 Å². The van der Waals surface area contributed by atoms with Crippen LogP contribution in [0.15, 0.2) is 0 Å². The van der Waals surface area contributed by atoms with Crippen LogP contribution in [0.5, 0.6) is 0 Å². The SMILES string of the molecule is CCC(C)N1CCN(CC(O)CCl)CC1. The smallest absolute Gasteiger partial charge is 0.0802 e. The maximum absolute atomic E-state index is 9.44. The van der Waals surface area contributed by atoms with Gasteiger partial charge in [0.05, 0.1) is 6.10 Å². The first kappa shape index (κ1) is 13.2. The molecule has 3 nitrogen and oxygen atoms in total. The van der Waals surface area contributed by atoms with Crippen molar-refractivity contribution in [3.63, 3.8) is 0 Å². The van der Waals surface area contributed by atoms with Crippen LogP contribution in [0.3, 0.4) is 0 Å². The van der Waals surface area contributed by atoms with E-state index in [9.17, 15) is 5.11 Å². The highest BCUT2D eigenvalue weighted by Crippen LogP contribution is 2.09. The van der Waals surface area contributed by atoms with E-state index < -0.39 is 0 Å². The van der Waals surface area contributed by atoms with Gasteiger partial charge in [0.25, 0.3) is 0 Å². The van der Waals surface area contributed by atoms with Crippen molar-refractivity contribution in [2.24, 2.45) is 0 Å². The number of aliphatic hydroxyl groups excluding tert-OH is 1. The van der Waals surface area contributed by atoms with Crippen molar-refractivity contribution in [3.8, 4) is 0 Å². The van der Waals surface area contributed by atoms with E-state index >= 15 is 0 Å². The van der Waals surface area contributed by atoms with Crippen LogP contribution in [-0.2, 0) is 0 Å². The van der Waals surface area contributed by atoms with Gasteiger partial charge in [0, 0.05) is 44.6 Å². The average molecular weight is 235 g/mol. The van der Waals surface area contributed by atoms with Gasteiger partial charge in [-0.1, -0.05) is 6.92 Å². The molecule has 0 amide bonds.